The lowest BCUT2D eigenvalue weighted by atomic mass is 10.1. The van der Waals surface area contributed by atoms with Gasteiger partial charge in [0.25, 0.3) is 11.1 Å². The molecule has 0 radical (unpaired) electrons. The molecule has 0 aromatic heterocycles. The average molecular weight is 560 g/mol. The molecule has 0 unspecified atom stereocenters. The highest BCUT2D eigenvalue weighted by molar-refractivity contribution is 9.10. The molecule has 9 heteroatoms. The molecule has 1 aliphatic heterocycles. The molecular formula is C27H18BrN3O4S. The summed E-state index contributed by atoms with van der Waals surface area (Å²) in [6.45, 7) is 0.191. The van der Waals surface area contributed by atoms with Crippen molar-refractivity contribution >= 4 is 44.9 Å². The summed E-state index contributed by atoms with van der Waals surface area (Å²) in [6.07, 6.45) is 1.61. The van der Waals surface area contributed by atoms with E-state index in [0.29, 0.717) is 38.2 Å². The van der Waals surface area contributed by atoms with Gasteiger partial charge in [-0.3, -0.25) is 14.5 Å². The van der Waals surface area contributed by atoms with Crippen LogP contribution in [0, 0.1) is 22.7 Å². The van der Waals surface area contributed by atoms with Crippen molar-refractivity contribution in [3.8, 4) is 23.6 Å². The van der Waals surface area contributed by atoms with Gasteiger partial charge in [-0.25, -0.2) is 0 Å². The van der Waals surface area contributed by atoms with Gasteiger partial charge < -0.3 is 9.47 Å². The second kappa shape index (κ2) is 11.1. The average Bonchev–Trinajstić information content (AvgIpc) is 3.15. The van der Waals surface area contributed by atoms with Gasteiger partial charge in [-0.15, -0.1) is 0 Å². The minimum atomic E-state index is -0.429. The summed E-state index contributed by atoms with van der Waals surface area (Å²) >= 11 is 4.34. The Bertz CT molecular complexity index is 1470. The number of carbonyl (C=O) groups is 2. The first-order chi connectivity index (χ1) is 17.4. The first-order valence-corrected chi connectivity index (χ1v) is 12.3. The number of ether oxygens (including phenoxy) is 2. The number of amides is 2. The number of hydrogen-bond acceptors (Lipinski definition) is 7. The third-order valence-corrected chi connectivity index (χ3v) is 6.90. The summed E-state index contributed by atoms with van der Waals surface area (Å²) in [4.78, 5) is 27.0. The fourth-order valence-corrected chi connectivity index (χ4v) is 5.01. The van der Waals surface area contributed by atoms with Crippen molar-refractivity contribution in [2.45, 2.75) is 13.2 Å². The van der Waals surface area contributed by atoms with Crippen LogP contribution in [0.1, 0.15) is 27.8 Å². The van der Waals surface area contributed by atoms with Gasteiger partial charge in [0, 0.05) is 5.56 Å². The molecule has 178 valence electrons. The van der Waals surface area contributed by atoms with E-state index in [1.165, 1.54) is 7.11 Å². The molecule has 3 aromatic carbocycles. The van der Waals surface area contributed by atoms with Crippen LogP contribution in [0.5, 0.6) is 11.5 Å². The summed E-state index contributed by atoms with van der Waals surface area (Å²) in [6, 6.07) is 21.7. The lowest BCUT2D eigenvalue weighted by Crippen LogP contribution is -2.27. The van der Waals surface area contributed by atoms with E-state index in [0.717, 1.165) is 22.2 Å². The summed E-state index contributed by atoms with van der Waals surface area (Å²) < 4.78 is 12.0. The second-order valence-corrected chi connectivity index (χ2v) is 9.48. The first-order valence-electron chi connectivity index (χ1n) is 10.7. The van der Waals surface area contributed by atoms with Crippen molar-refractivity contribution < 1.29 is 19.1 Å². The number of nitriles is 2. The van der Waals surface area contributed by atoms with Gasteiger partial charge in [0.2, 0.25) is 0 Å². The Morgan fingerprint density at radius 3 is 2.31 bits per heavy atom. The third kappa shape index (κ3) is 5.28. The summed E-state index contributed by atoms with van der Waals surface area (Å²) in [5, 5.41) is 18.2. The van der Waals surface area contributed by atoms with Gasteiger partial charge in [0.1, 0.15) is 6.61 Å². The fraction of sp³-hybridized carbons (Fsp3) is 0.111. The molecule has 0 bridgehead atoms. The Balaban J connectivity index is 1.56. The second-order valence-electron chi connectivity index (χ2n) is 7.63. The lowest BCUT2D eigenvalue weighted by molar-refractivity contribution is -0.123. The highest BCUT2D eigenvalue weighted by Crippen LogP contribution is 2.40. The lowest BCUT2D eigenvalue weighted by Gasteiger charge is -2.14. The van der Waals surface area contributed by atoms with Crippen LogP contribution in [0.2, 0.25) is 0 Å². The first kappa shape index (κ1) is 25.1. The molecule has 0 saturated carbocycles. The zero-order chi connectivity index (χ0) is 25.7. The summed E-state index contributed by atoms with van der Waals surface area (Å²) in [7, 11) is 1.50. The van der Waals surface area contributed by atoms with Gasteiger partial charge >= 0.3 is 0 Å². The molecule has 1 fully saturated rings. The van der Waals surface area contributed by atoms with Gasteiger partial charge in [0.05, 0.1) is 46.3 Å². The van der Waals surface area contributed by atoms with Gasteiger partial charge in [-0.1, -0.05) is 36.4 Å². The van der Waals surface area contributed by atoms with E-state index in [2.05, 4.69) is 28.1 Å². The Labute approximate surface area is 220 Å². The maximum absolute atomic E-state index is 13.0. The van der Waals surface area contributed by atoms with Crippen LogP contribution in [-0.4, -0.2) is 23.2 Å². The minimum absolute atomic E-state index is 0.0235. The maximum atomic E-state index is 13.0. The minimum Gasteiger partial charge on any atom is -0.493 e. The number of nitrogens with zero attached hydrogens (tertiary/aromatic N) is 3. The van der Waals surface area contributed by atoms with Gasteiger partial charge in [-0.2, -0.15) is 10.5 Å². The highest BCUT2D eigenvalue weighted by Gasteiger charge is 2.35. The molecule has 4 rings (SSSR count). The van der Waals surface area contributed by atoms with E-state index >= 15 is 0 Å². The van der Waals surface area contributed by atoms with Crippen molar-refractivity contribution in [1.29, 1.82) is 10.5 Å². The third-order valence-electron chi connectivity index (χ3n) is 5.40. The Kier molecular flexibility index (Phi) is 7.74. The quantitative estimate of drug-likeness (QED) is 0.326. The number of hydrogen-bond donors (Lipinski definition) is 0. The highest BCUT2D eigenvalue weighted by atomic mass is 79.9. The van der Waals surface area contributed by atoms with Crippen LogP contribution in [0.4, 0.5) is 4.79 Å². The molecule has 36 heavy (non-hydrogen) atoms. The molecular weight excluding hydrogens is 542 g/mol. The number of methoxy groups -OCH3 is 1. The Hall–Kier alpha value is -4.05. The van der Waals surface area contributed by atoms with Crippen LogP contribution < -0.4 is 9.47 Å². The number of carbonyl (C=O) groups excluding carboxylic acids is 2. The zero-order valence-electron chi connectivity index (χ0n) is 19.0. The molecule has 2 amide bonds. The molecule has 1 aliphatic rings. The number of benzene rings is 3. The molecule has 0 aliphatic carbocycles. The summed E-state index contributed by atoms with van der Waals surface area (Å²) in [5.41, 5.74) is 2.92. The number of thioether (sulfide) groups is 1. The summed E-state index contributed by atoms with van der Waals surface area (Å²) in [5.74, 6) is 0.442. The van der Waals surface area contributed by atoms with E-state index in [1.54, 1.807) is 54.6 Å². The van der Waals surface area contributed by atoms with Crippen LogP contribution in [0.15, 0.2) is 70.0 Å². The normalized spacial score (nSPS) is 14.0. The van der Waals surface area contributed by atoms with Gasteiger partial charge in [0.15, 0.2) is 11.5 Å². The Morgan fingerprint density at radius 1 is 1.00 bits per heavy atom. The monoisotopic (exact) mass is 559 g/mol. The molecule has 1 saturated heterocycles. The van der Waals surface area contributed by atoms with Gasteiger partial charge in [-0.05, 0) is 69.2 Å². The van der Waals surface area contributed by atoms with Crippen LogP contribution in [-0.2, 0) is 17.9 Å². The van der Waals surface area contributed by atoms with E-state index in [4.69, 9.17) is 9.47 Å². The zero-order valence-corrected chi connectivity index (χ0v) is 21.4. The molecule has 1 heterocycles. The number of imide groups is 1. The van der Waals surface area contributed by atoms with E-state index in [1.807, 2.05) is 12.1 Å². The van der Waals surface area contributed by atoms with Crippen molar-refractivity contribution in [2.24, 2.45) is 0 Å². The van der Waals surface area contributed by atoms with Crippen molar-refractivity contribution in [3.63, 3.8) is 0 Å². The van der Waals surface area contributed by atoms with Crippen LogP contribution in [0.25, 0.3) is 6.08 Å². The fourth-order valence-electron chi connectivity index (χ4n) is 3.59. The predicted octanol–water partition coefficient (Wildman–Crippen LogP) is 6.02. The molecule has 7 nitrogen and oxygen atoms in total. The van der Waals surface area contributed by atoms with E-state index < -0.39 is 11.1 Å². The topological polar surface area (TPSA) is 103 Å². The van der Waals surface area contributed by atoms with Crippen LogP contribution in [0.3, 0.4) is 0 Å². The molecule has 0 atom stereocenters. The van der Waals surface area contributed by atoms with Crippen molar-refractivity contribution in [1.82, 2.24) is 4.90 Å². The standard InChI is InChI=1S/C27H18BrN3O4S/c1-34-23-11-17(10-22(28)25(23)35-16-21-9-5-3-7-19(21)14-30)12-24-26(32)31(27(33)36-24)15-20-8-4-2-6-18(20)13-29/h2-12H,15-16H2,1H3/b24-12+. The number of rotatable bonds is 7. The van der Waals surface area contributed by atoms with E-state index in [9.17, 15) is 20.1 Å². The molecule has 0 spiro atoms. The Morgan fingerprint density at radius 2 is 1.64 bits per heavy atom. The van der Waals surface area contributed by atoms with Crippen LogP contribution >= 0.6 is 27.7 Å². The molecule has 0 N–H and O–H groups in total. The molecule has 3 aromatic rings. The number of halogens is 1. The SMILES string of the molecule is COc1cc(/C=C2/SC(=O)N(Cc3ccccc3C#N)C2=O)cc(Br)c1OCc1ccccc1C#N. The smallest absolute Gasteiger partial charge is 0.293 e. The maximum Gasteiger partial charge on any atom is 0.293 e. The van der Waals surface area contributed by atoms with Crippen molar-refractivity contribution in [3.05, 3.63) is 97.9 Å². The van der Waals surface area contributed by atoms with Crippen molar-refractivity contribution in [2.75, 3.05) is 7.11 Å². The van der Waals surface area contributed by atoms with E-state index in [-0.39, 0.29) is 18.1 Å². The predicted molar refractivity (Wildman–Crippen MR) is 139 cm³/mol. The largest absolute Gasteiger partial charge is 0.493 e.